The number of terminal acetylenes is 1. The molecular weight excluding hydrogens is 136 g/mol. The highest BCUT2D eigenvalue weighted by molar-refractivity contribution is 5.57. The van der Waals surface area contributed by atoms with Crippen molar-refractivity contribution in [3.05, 3.63) is 23.5 Å². The van der Waals surface area contributed by atoms with E-state index in [2.05, 4.69) is 10.9 Å². The Morgan fingerprint density at radius 1 is 1.73 bits per heavy atom. The van der Waals surface area contributed by atoms with Crippen molar-refractivity contribution in [2.24, 2.45) is 0 Å². The average Bonchev–Trinajstić information content (AvgIpc) is 2.05. The van der Waals surface area contributed by atoms with E-state index in [4.69, 9.17) is 12.2 Å². The van der Waals surface area contributed by atoms with Crippen molar-refractivity contribution in [1.29, 1.82) is 0 Å². The highest BCUT2D eigenvalue weighted by atomic mass is 14.7. The van der Waals surface area contributed by atoms with E-state index in [1.165, 1.54) is 0 Å². The van der Waals surface area contributed by atoms with Gasteiger partial charge in [-0.15, -0.1) is 6.42 Å². The van der Waals surface area contributed by atoms with Crippen molar-refractivity contribution >= 4 is 5.69 Å². The zero-order valence-corrected chi connectivity index (χ0v) is 6.46. The van der Waals surface area contributed by atoms with Gasteiger partial charge in [0.15, 0.2) is 0 Å². The number of hydrogen-bond donors (Lipinski definition) is 1. The molecule has 2 heteroatoms. The summed E-state index contributed by atoms with van der Waals surface area (Å²) in [6, 6.07) is 1.74. The van der Waals surface area contributed by atoms with Crippen LogP contribution in [0.25, 0.3) is 0 Å². The minimum atomic E-state index is 0.637. The van der Waals surface area contributed by atoms with Gasteiger partial charge in [-0.05, 0) is 12.5 Å². The largest absolute Gasteiger partial charge is 0.396 e. The minimum Gasteiger partial charge on any atom is -0.396 e. The molecule has 2 nitrogen and oxygen atoms in total. The van der Waals surface area contributed by atoms with E-state index in [1.54, 1.807) is 12.3 Å². The summed E-state index contributed by atoms with van der Waals surface area (Å²) in [7, 11) is 0. The van der Waals surface area contributed by atoms with E-state index in [-0.39, 0.29) is 0 Å². The van der Waals surface area contributed by atoms with E-state index in [1.807, 2.05) is 6.92 Å². The predicted molar refractivity (Wildman–Crippen MR) is 46.0 cm³/mol. The molecule has 11 heavy (non-hydrogen) atoms. The van der Waals surface area contributed by atoms with Crippen LogP contribution in [0, 0.1) is 12.3 Å². The summed E-state index contributed by atoms with van der Waals surface area (Å²) in [4.78, 5) is 4.08. The predicted octanol–water partition coefficient (Wildman–Crippen LogP) is 1.21. The van der Waals surface area contributed by atoms with Gasteiger partial charge in [0.25, 0.3) is 0 Å². The van der Waals surface area contributed by atoms with Crippen molar-refractivity contribution in [2.75, 3.05) is 5.73 Å². The smallest absolute Gasteiger partial charge is 0.0692 e. The Bertz CT molecular complexity index is 297. The zero-order valence-electron chi connectivity index (χ0n) is 6.46. The first-order valence-corrected chi connectivity index (χ1v) is 3.49. The van der Waals surface area contributed by atoms with Gasteiger partial charge in [0.05, 0.1) is 16.9 Å². The van der Waals surface area contributed by atoms with Crippen LogP contribution in [0.15, 0.2) is 12.3 Å². The molecule has 0 saturated carbocycles. The lowest BCUT2D eigenvalue weighted by atomic mass is 10.1. The molecule has 0 saturated heterocycles. The second-order valence-corrected chi connectivity index (χ2v) is 2.22. The van der Waals surface area contributed by atoms with E-state index < -0.39 is 0 Å². The van der Waals surface area contributed by atoms with Crippen LogP contribution in [-0.2, 0) is 6.42 Å². The molecule has 0 unspecified atom stereocenters. The zero-order chi connectivity index (χ0) is 8.27. The fraction of sp³-hybridized carbons (Fsp3) is 0.222. The molecule has 0 aliphatic rings. The number of nitrogens with zero attached hydrogens (tertiary/aromatic N) is 1. The molecule has 56 valence electrons. The first kappa shape index (κ1) is 7.62. The second kappa shape index (κ2) is 3.07. The molecule has 0 aliphatic carbocycles. The lowest BCUT2D eigenvalue weighted by Gasteiger charge is -2.02. The molecule has 1 aromatic heterocycles. The number of aryl methyl sites for hydroxylation is 1. The Labute approximate surface area is 66.4 Å². The van der Waals surface area contributed by atoms with Crippen LogP contribution < -0.4 is 5.73 Å². The van der Waals surface area contributed by atoms with Gasteiger partial charge >= 0.3 is 0 Å². The van der Waals surface area contributed by atoms with Crippen molar-refractivity contribution in [3.63, 3.8) is 0 Å². The molecule has 0 amide bonds. The molecule has 0 fully saturated rings. The average molecular weight is 146 g/mol. The highest BCUT2D eigenvalue weighted by Crippen LogP contribution is 2.13. The highest BCUT2D eigenvalue weighted by Gasteiger charge is 2.00. The van der Waals surface area contributed by atoms with Crippen LogP contribution >= 0.6 is 0 Å². The number of pyridine rings is 1. The van der Waals surface area contributed by atoms with Crippen LogP contribution in [0.2, 0.25) is 0 Å². The summed E-state index contributed by atoms with van der Waals surface area (Å²) >= 11 is 0. The molecule has 1 heterocycles. The summed E-state index contributed by atoms with van der Waals surface area (Å²) in [5.41, 5.74) is 7.94. The Balaban J connectivity index is 3.23. The molecule has 0 aliphatic heterocycles. The van der Waals surface area contributed by atoms with E-state index >= 15 is 0 Å². The number of nitrogen functional groups attached to an aromatic ring is 1. The van der Waals surface area contributed by atoms with Gasteiger partial charge < -0.3 is 5.73 Å². The maximum atomic E-state index is 5.70. The number of aromatic nitrogens is 1. The quantitative estimate of drug-likeness (QED) is 0.605. The van der Waals surface area contributed by atoms with Crippen molar-refractivity contribution < 1.29 is 0 Å². The molecule has 0 radical (unpaired) electrons. The summed E-state index contributed by atoms with van der Waals surface area (Å²) < 4.78 is 0. The Morgan fingerprint density at radius 2 is 2.45 bits per heavy atom. The summed E-state index contributed by atoms with van der Waals surface area (Å²) in [5, 5.41) is 0. The minimum absolute atomic E-state index is 0.637. The van der Waals surface area contributed by atoms with Gasteiger partial charge in [0, 0.05) is 6.20 Å². The van der Waals surface area contributed by atoms with Crippen LogP contribution in [0.1, 0.15) is 18.2 Å². The number of nitrogens with two attached hydrogens (primary N) is 1. The molecule has 1 rings (SSSR count). The number of hydrogen-bond acceptors (Lipinski definition) is 2. The van der Waals surface area contributed by atoms with Crippen LogP contribution in [0.5, 0.6) is 0 Å². The summed E-state index contributed by atoms with van der Waals surface area (Å²) in [5.74, 6) is 2.50. The van der Waals surface area contributed by atoms with Gasteiger partial charge in [-0.25, -0.2) is 0 Å². The summed E-state index contributed by atoms with van der Waals surface area (Å²) in [6.45, 7) is 2.00. The first-order valence-electron chi connectivity index (χ1n) is 3.49. The third kappa shape index (κ3) is 1.32. The van der Waals surface area contributed by atoms with Crippen molar-refractivity contribution in [3.8, 4) is 12.3 Å². The Kier molecular flexibility index (Phi) is 2.12. The van der Waals surface area contributed by atoms with E-state index in [0.717, 1.165) is 17.7 Å². The van der Waals surface area contributed by atoms with Crippen LogP contribution in [-0.4, -0.2) is 4.98 Å². The van der Waals surface area contributed by atoms with E-state index in [9.17, 15) is 0 Å². The fourth-order valence-electron chi connectivity index (χ4n) is 0.924. The molecule has 0 atom stereocenters. The third-order valence-corrected chi connectivity index (χ3v) is 1.56. The van der Waals surface area contributed by atoms with Gasteiger partial charge in [-0.2, -0.15) is 0 Å². The SMILES string of the molecule is C#Cc1ccnc(CC)c1N. The van der Waals surface area contributed by atoms with Crippen LogP contribution in [0.3, 0.4) is 0 Å². The molecule has 1 aromatic rings. The maximum absolute atomic E-state index is 5.70. The first-order chi connectivity index (χ1) is 5.29. The normalized spacial score (nSPS) is 9.09. The number of anilines is 1. The molecule has 0 aromatic carbocycles. The topological polar surface area (TPSA) is 38.9 Å². The van der Waals surface area contributed by atoms with Gasteiger partial charge in [-0.1, -0.05) is 12.8 Å². The van der Waals surface area contributed by atoms with Gasteiger partial charge in [0.2, 0.25) is 0 Å². The summed E-state index contributed by atoms with van der Waals surface area (Å²) in [6.07, 6.45) is 7.72. The molecule has 0 bridgehead atoms. The molecule has 0 spiro atoms. The monoisotopic (exact) mass is 146 g/mol. The second-order valence-electron chi connectivity index (χ2n) is 2.22. The van der Waals surface area contributed by atoms with E-state index in [0.29, 0.717) is 5.69 Å². The maximum Gasteiger partial charge on any atom is 0.0692 e. The van der Waals surface area contributed by atoms with Gasteiger partial charge in [0.1, 0.15) is 0 Å². The fourth-order valence-corrected chi connectivity index (χ4v) is 0.924. The lowest BCUT2D eigenvalue weighted by Crippen LogP contribution is -1.98. The molecule has 2 N–H and O–H groups in total. The van der Waals surface area contributed by atoms with Crippen molar-refractivity contribution in [2.45, 2.75) is 13.3 Å². The van der Waals surface area contributed by atoms with Crippen molar-refractivity contribution in [1.82, 2.24) is 4.98 Å². The standard InChI is InChI=1S/C9H10N2/c1-3-7-5-6-11-8(4-2)9(7)10/h1,5-6H,4,10H2,2H3. The lowest BCUT2D eigenvalue weighted by molar-refractivity contribution is 1.04. The third-order valence-electron chi connectivity index (χ3n) is 1.56. The Morgan fingerprint density at radius 3 is 3.00 bits per heavy atom. The van der Waals surface area contributed by atoms with Gasteiger partial charge in [-0.3, -0.25) is 4.98 Å². The molecular formula is C9H10N2. The Hall–Kier alpha value is -1.49. The van der Waals surface area contributed by atoms with Crippen LogP contribution in [0.4, 0.5) is 5.69 Å². The number of rotatable bonds is 1.